The maximum atomic E-state index is 14.7. The van der Waals surface area contributed by atoms with Crippen LogP contribution in [0.2, 0.25) is 0 Å². The van der Waals surface area contributed by atoms with Gasteiger partial charge in [-0.1, -0.05) is 43.4 Å². The van der Waals surface area contributed by atoms with Crippen LogP contribution in [0.4, 0.5) is 4.39 Å². The normalized spacial score (nSPS) is 14.5. The lowest BCUT2D eigenvalue weighted by Crippen LogP contribution is -2.52. The Morgan fingerprint density at radius 2 is 1.76 bits per heavy atom. The van der Waals surface area contributed by atoms with Gasteiger partial charge in [0.05, 0.1) is 28.2 Å². The van der Waals surface area contributed by atoms with Crippen molar-refractivity contribution < 1.29 is 18.7 Å². The monoisotopic (exact) mass is 524 g/mol. The van der Waals surface area contributed by atoms with Crippen molar-refractivity contribution in [2.24, 2.45) is 5.92 Å². The Morgan fingerprint density at radius 3 is 2.43 bits per heavy atom. The number of nitrogens with zero attached hydrogens (tertiary/aromatic N) is 3. The van der Waals surface area contributed by atoms with Gasteiger partial charge < -0.3 is 14.5 Å². The van der Waals surface area contributed by atoms with Gasteiger partial charge in [0.2, 0.25) is 0 Å². The number of aromatic nitrogens is 2. The molecule has 0 aliphatic carbocycles. The fourth-order valence-corrected chi connectivity index (χ4v) is 5.00. The number of hydrogen-bond donors (Lipinski definition) is 1. The number of amides is 1. The number of halogens is 1. The standard InChI is InChI=1S/C27H29FN4O4S/c1-3-18(27(35)36-4-2)26(37)32-13-11-31(12-14-32)25(34)21-15-17(9-10-22(21)28)16-23-19-7-5-6-8-20(19)24(33)30-29-23/h5-10,15,18H,3-4,11-14,16H2,1-2H3,(H,30,33). The number of rotatable bonds is 7. The third kappa shape index (κ3) is 5.69. The van der Waals surface area contributed by atoms with Crippen LogP contribution >= 0.6 is 12.2 Å². The van der Waals surface area contributed by atoms with Crippen molar-refractivity contribution in [3.05, 3.63) is 75.5 Å². The van der Waals surface area contributed by atoms with Crippen molar-refractivity contribution >= 4 is 39.9 Å². The summed E-state index contributed by atoms with van der Waals surface area (Å²) in [5, 5.41) is 7.92. The summed E-state index contributed by atoms with van der Waals surface area (Å²) in [5.41, 5.74) is 1.05. The zero-order chi connectivity index (χ0) is 26.5. The van der Waals surface area contributed by atoms with Crippen LogP contribution in [0.3, 0.4) is 0 Å². The van der Waals surface area contributed by atoms with Crippen LogP contribution in [0.1, 0.15) is 41.9 Å². The minimum atomic E-state index is -0.598. The molecule has 1 amide bonds. The number of aromatic amines is 1. The fraction of sp³-hybridized carbons (Fsp3) is 0.370. The highest BCUT2D eigenvalue weighted by Crippen LogP contribution is 2.21. The topological polar surface area (TPSA) is 95.6 Å². The number of H-pyrrole nitrogens is 1. The largest absolute Gasteiger partial charge is 0.465 e. The molecular weight excluding hydrogens is 495 g/mol. The minimum Gasteiger partial charge on any atom is -0.465 e. The summed E-state index contributed by atoms with van der Waals surface area (Å²) in [4.78, 5) is 41.6. The Bertz CT molecular complexity index is 1380. The van der Waals surface area contributed by atoms with Crippen LogP contribution in [0.25, 0.3) is 10.8 Å². The second kappa shape index (κ2) is 11.6. The predicted molar refractivity (Wildman–Crippen MR) is 142 cm³/mol. The zero-order valence-electron chi connectivity index (χ0n) is 20.8. The number of thiocarbonyl (C=S) groups is 1. The molecule has 1 aliphatic rings. The number of nitrogens with one attached hydrogen (secondary N) is 1. The summed E-state index contributed by atoms with van der Waals surface area (Å²) in [6.45, 7) is 5.55. The molecule has 2 aromatic carbocycles. The molecule has 0 saturated carbocycles. The number of carbonyl (C=O) groups excluding carboxylic acids is 2. The van der Waals surface area contributed by atoms with E-state index in [-0.39, 0.29) is 17.1 Å². The smallest absolute Gasteiger partial charge is 0.315 e. The fourth-order valence-electron chi connectivity index (χ4n) is 4.55. The number of benzene rings is 2. The average molecular weight is 525 g/mol. The van der Waals surface area contributed by atoms with Crippen molar-refractivity contribution in [1.82, 2.24) is 20.0 Å². The summed E-state index contributed by atoms with van der Waals surface area (Å²) in [7, 11) is 0. The lowest BCUT2D eigenvalue weighted by molar-refractivity contribution is -0.145. The second-order valence-electron chi connectivity index (χ2n) is 8.87. The summed E-state index contributed by atoms with van der Waals surface area (Å²) in [5.74, 6) is -1.83. The van der Waals surface area contributed by atoms with E-state index in [0.29, 0.717) is 72.6 Å². The molecule has 1 aliphatic heterocycles. The maximum Gasteiger partial charge on any atom is 0.315 e. The van der Waals surface area contributed by atoms with Gasteiger partial charge in [-0.15, -0.1) is 0 Å². The molecule has 2 heterocycles. The molecule has 1 saturated heterocycles. The second-order valence-corrected chi connectivity index (χ2v) is 9.28. The Kier molecular flexibility index (Phi) is 8.27. The van der Waals surface area contributed by atoms with E-state index >= 15 is 0 Å². The van der Waals surface area contributed by atoms with Gasteiger partial charge in [0.25, 0.3) is 11.5 Å². The van der Waals surface area contributed by atoms with E-state index in [9.17, 15) is 18.8 Å². The highest BCUT2D eigenvalue weighted by molar-refractivity contribution is 7.80. The Morgan fingerprint density at radius 1 is 1.08 bits per heavy atom. The molecule has 0 spiro atoms. The number of esters is 1. The third-order valence-corrected chi connectivity index (χ3v) is 7.11. The maximum absolute atomic E-state index is 14.7. The molecule has 4 rings (SSSR count). The molecule has 1 atom stereocenters. The molecule has 3 aromatic rings. The van der Waals surface area contributed by atoms with E-state index in [1.54, 1.807) is 36.1 Å². The van der Waals surface area contributed by atoms with E-state index in [1.165, 1.54) is 6.07 Å². The summed E-state index contributed by atoms with van der Waals surface area (Å²) in [6.07, 6.45) is 0.862. The Balaban J connectivity index is 1.46. The van der Waals surface area contributed by atoms with Crippen LogP contribution in [0.15, 0.2) is 47.3 Å². The van der Waals surface area contributed by atoms with Crippen molar-refractivity contribution in [3.63, 3.8) is 0 Å². The Labute approximate surface area is 219 Å². The van der Waals surface area contributed by atoms with Gasteiger partial charge in [-0.25, -0.2) is 9.49 Å². The first-order chi connectivity index (χ1) is 17.8. The molecule has 1 unspecified atom stereocenters. The van der Waals surface area contributed by atoms with Gasteiger partial charge in [0.1, 0.15) is 11.7 Å². The molecule has 1 fully saturated rings. The van der Waals surface area contributed by atoms with E-state index in [4.69, 9.17) is 17.0 Å². The molecule has 1 N–H and O–H groups in total. The van der Waals surface area contributed by atoms with Crippen molar-refractivity contribution in [3.8, 4) is 0 Å². The molecule has 8 nitrogen and oxygen atoms in total. The number of fused-ring (bicyclic) bond motifs is 1. The first kappa shape index (κ1) is 26.4. The zero-order valence-corrected chi connectivity index (χ0v) is 21.6. The number of ether oxygens (including phenoxy) is 1. The summed E-state index contributed by atoms with van der Waals surface area (Å²) in [6, 6.07) is 11.6. The van der Waals surface area contributed by atoms with Gasteiger partial charge in [-0.05, 0) is 37.1 Å². The third-order valence-electron chi connectivity index (χ3n) is 6.56. The molecule has 0 bridgehead atoms. The number of piperazine rings is 1. The summed E-state index contributed by atoms with van der Waals surface area (Å²) < 4.78 is 19.9. The molecule has 0 radical (unpaired) electrons. The SMILES string of the molecule is CCOC(=O)C(CC)C(=S)N1CCN(C(=O)c2cc(Cc3n[nH]c(=O)c4ccccc34)ccc2F)CC1. The first-order valence-electron chi connectivity index (χ1n) is 12.3. The number of carbonyl (C=O) groups is 2. The van der Waals surface area contributed by atoms with Gasteiger partial charge in [0.15, 0.2) is 0 Å². The van der Waals surface area contributed by atoms with Gasteiger partial charge in [0, 0.05) is 38.0 Å². The number of hydrogen-bond acceptors (Lipinski definition) is 6. The van der Waals surface area contributed by atoms with Gasteiger partial charge in [-0.3, -0.25) is 14.4 Å². The first-order valence-corrected chi connectivity index (χ1v) is 12.7. The van der Waals surface area contributed by atoms with Crippen LogP contribution in [0.5, 0.6) is 0 Å². The lowest BCUT2D eigenvalue weighted by Gasteiger charge is -2.37. The van der Waals surface area contributed by atoms with E-state index < -0.39 is 17.6 Å². The highest BCUT2D eigenvalue weighted by atomic mass is 32.1. The van der Waals surface area contributed by atoms with Crippen LogP contribution in [0, 0.1) is 11.7 Å². The van der Waals surface area contributed by atoms with Crippen LogP contribution in [-0.2, 0) is 16.0 Å². The lowest BCUT2D eigenvalue weighted by atomic mass is 10.0. The molecule has 10 heteroatoms. The van der Waals surface area contributed by atoms with Gasteiger partial charge >= 0.3 is 5.97 Å². The van der Waals surface area contributed by atoms with Gasteiger partial charge in [-0.2, -0.15) is 5.10 Å². The quantitative estimate of drug-likeness (QED) is 0.374. The van der Waals surface area contributed by atoms with E-state index in [2.05, 4.69) is 10.2 Å². The van der Waals surface area contributed by atoms with E-state index in [1.807, 2.05) is 24.0 Å². The van der Waals surface area contributed by atoms with Crippen molar-refractivity contribution in [2.45, 2.75) is 26.7 Å². The minimum absolute atomic E-state index is 0.0137. The van der Waals surface area contributed by atoms with Crippen LogP contribution < -0.4 is 5.56 Å². The van der Waals surface area contributed by atoms with E-state index in [0.717, 1.165) is 0 Å². The highest BCUT2D eigenvalue weighted by Gasteiger charge is 2.31. The molecule has 37 heavy (non-hydrogen) atoms. The summed E-state index contributed by atoms with van der Waals surface area (Å²) >= 11 is 5.56. The molecular formula is C27H29FN4O4S. The van der Waals surface area contributed by atoms with Crippen molar-refractivity contribution in [2.75, 3.05) is 32.8 Å². The molecule has 1 aromatic heterocycles. The van der Waals surface area contributed by atoms with Crippen LogP contribution in [-0.4, -0.2) is 69.6 Å². The predicted octanol–water partition coefficient (Wildman–Crippen LogP) is 3.33. The molecule has 194 valence electrons. The average Bonchev–Trinajstić information content (AvgIpc) is 2.91. The van der Waals surface area contributed by atoms with Crippen molar-refractivity contribution in [1.29, 1.82) is 0 Å². The Hall–Kier alpha value is -3.66.